The summed E-state index contributed by atoms with van der Waals surface area (Å²) in [6, 6.07) is 3.63. The smallest absolute Gasteiger partial charge is 0.214 e. The van der Waals surface area contributed by atoms with Crippen LogP contribution in [-0.2, 0) is 6.54 Å². The van der Waals surface area contributed by atoms with E-state index in [1.165, 1.54) is 0 Å². The number of pyridine rings is 1. The first kappa shape index (κ1) is 15.3. The van der Waals surface area contributed by atoms with Crippen LogP contribution in [0, 0.1) is 0 Å². The van der Waals surface area contributed by atoms with Crippen LogP contribution in [0.15, 0.2) is 12.1 Å². The van der Waals surface area contributed by atoms with E-state index in [1.54, 1.807) is 6.07 Å². The highest BCUT2D eigenvalue weighted by molar-refractivity contribution is 6.31. The second-order valence-corrected chi connectivity index (χ2v) is 6.80. The van der Waals surface area contributed by atoms with Gasteiger partial charge in [-0.25, -0.2) is 4.98 Å². The van der Waals surface area contributed by atoms with Crippen LogP contribution >= 0.6 is 11.6 Å². The lowest BCUT2D eigenvalue weighted by atomic mass is 10.1. The SMILES string of the molecule is CC(C)(C)NCc1nc(OC(C)(C)C)ccc1Cl. The van der Waals surface area contributed by atoms with Gasteiger partial charge in [-0.3, -0.25) is 0 Å². The van der Waals surface area contributed by atoms with Crippen molar-refractivity contribution in [3.05, 3.63) is 22.8 Å². The van der Waals surface area contributed by atoms with Crippen molar-refractivity contribution < 1.29 is 4.74 Å². The van der Waals surface area contributed by atoms with Gasteiger partial charge in [0, 0.05) is 18.2 Å². The molecule has 18 heavy (non-hydrogen) atoms. The van der Waals surface area contributed by atoms with Crippen LogP contribution in [0.5, 0.6) is 5.88 Å². The molecule has 1 aromatic heterocycles. The number of halogens is 1. The normalized spacial score (nSPS) is 12.6. The molecule has 3 nitrogen and oxygen atoms in total. The first-order chi connectivity index (χ1) is 8.07. The Bertz CT molecular complexity index is 405. The minimum Gasteiger partial charge on any atom is -0.472 e. The van der Waals surface area contributed by atoms with Gasteiger partial charge in [-0.15, -0.1) is 0 Å². The molecule has 1 rings (SSSR count). The molecule has 0 aromatic carbocycles. The van der Waals surface area contributed by atoms with Gasteiger partial charge in [-0.1, -0.05) is 11.6 Å². The van der Waals surface area contributed by atoms with Gasteiger partial charge in [0.1, 0.15) is 5.60 Å². The second-order valence-electron chi connectivity index (χ2n) is 6.40. The zero-order valence-electron chi connectivity index (χ0n) is 12.1. The van der Waals surface area contributed by atoms with E-state index in [0.717, 1.165) is 5.69 Å². The molecule has 0 saturated heterocycles. The molecule has 1 N–H and O–H groups in total. The largest absolute Gasteiger partial charge is 0.472 e. The fourth-order valence-electron chi connectivity index (χ4n) is 1.31. The minimum atomic E-state index is -0.254. The monoisotopic (exact) mass is 270 g/mol. The third-order valence-electron chi connectivity index (χ3n) is 2.09. The quantitative estimate of drug-likeness (QED) is 0.907. The summed E-state index contributed by atoms with van der Waals surface area (Å²) in [5.41, 5.74) is 0.592. The van der Waals surface area contributed by atoms with Crippen LogP contribution in [0.1, 0.15) is 47.2 Å². The van der Waals surface area contributed by atoms with Crippen molar-refractivity contribution in [2.45, 2.75) is 59.2 Å². The zero-order chi connectivity index (χ0) is 14.0. The molecular formula is C14H23ClN2O. The number of aromatic nitrogens is 1. The van der Waals surface area contributed by atoms with Crippen molar-refractivity contribution in [1.29, 1.82) is 0 Å². The summed E-state index contributed by atoms with van der Waals surface area (Å²) >= 11 is 6.14. The number of hydrogen-bond donors (Lipinski definition) is 1. The van der Waals surface area contributed by atoms with Crippen molar-refractivity contribution in [2.75, 3.05) is 0 Å². The van der Waals surface area contributed by atoms with Crippen molar-refractivity contribution in [2.24, 2.45) is 0 Å². The van der Waals surface area contributed by atoms with Gasteiger partial charge < -0.3 is 10.1 Å². The summed E-state index contributed by atoms with van der Waals surface area (Å²) in [5.74, 6) is 0.609. The average molecular weight is 271 g/mol. The highest BCUT2D eigenvalue weighted by Crippen LogP contribution is 2.21. The molecular weight excluding hydrogens is 248 g/mol. The minimum absolute atomic E-state index is 0.0336. The van der Waals surface area contributed by atoms with E-state index in [1.807, 2.05) is 26.8 Å². The van der Waals surface area contributed by atoms with Crippen molar-refractivity contribution in [3.63, 3.8) is 0 Å². The van der Waals surface area contributed by atoms with Crippen molar-refractivity contribution in [3.8, 4) is 5.88 Å². The zero-order valence-corrected chi connectivity index (χ0v) is 12.9. The number of nitrogens with one attached hydrogen (secondary N) is 1. The molecule has 0 spiro atoms. The van der Waals surface area contributed by atoms with E-state index in [2.05, 4.69) is 31.1 Å². The molecule has 1 aromatic rings. The molecule has 102 valence electrons. The van der Waals surface area contributed by atoms with E-state index < -0.39 is 0 Å². The average Bonchev–Trinajstić information content (AvgIpc) is 2.15. The van der Waals surface area contributed by atoms with Crippen LogP contribution in [0.25, 0.3) is 0 Å². The molecule has 0 aliphatic carbocycles. The van der Waals surface area contributed by atoms with Crippen LogP contribution < -0.4 is 10.1 Å². The van der Waals surface area contributed by atoms with Crippen molar-refractivity contribution >= 4 is 11.6 Å². The fraction of sp³-hybridized carbons (Fsp3) is 0.643. The van der Waals surface area contributed by atoms with Crippen LogP contribution in [0.4, 0.5) is 0 Å². The molecule has 0 radical (unpaired) electrons. The summed E-state index contributed by atoms with van der Waals surface area (Å²) in [5, 5.41) is 4.03. The van der Waals surface area contributed by atoms with Crippen LogP contribution in [0.2, 0.25) is 5.02 Å². The topological polar surface area (TPSA) is 34.2 Å². The summed E-state index contributed by atoms with van der Waals surface area (Å²) in [4.78, 5) is 4.44. The first-order valence-corrected chi connectivity index (χ1v) is 6.54. The third kappa shape index (κ3) is 5.69. The fourth-order valence-corrected chi connectivity index (χ4v) is 1.48. The van der Waals surface area contributed by atoms with Crippen molar-refractivity contribution in [1.82, 2.24) is 10.3 Å². The maximum absolute atomic E-state index is 6.14. The molecule has 0 bridgehead atoms. The highest BCUT2D eigenvalue weighted by Gasteiger charge is 2.15. The van der Waals surface area contributed by atoms with E-state index in [4.69, 9.17) is 16.3 Å². The second kappa shape index (κ2) is 5.45. The summed E-state index contributed by atoms with van der Waals surface area (Å²) in [6.45, 7) is 12.9. The molecule has 4 heteroatoms. The lowest BCUT2D eigenvalue weighted by Crippen LogP contribution is -2.35. The van der Waals surface area contributed by atoms with E-state index >= 15 is 0 Å². The van der Waals surface area contributed by atoms with E-state index in [9.17, 15) is 0 Å². The maximum atomic E-state index is 6.14. The molecule has 0 atom stereocenters. The number of rotatable bonds is 3. The molecule has 0 aliphatic rings. The lowest BCUT2D eigenvalue weighted by Gasteiger charge is -2.22. The Morgan fingerprint density at radius 3 is 2.28 bits per heavy atom. The Kier molecular flexibility index (Phi) is 4.62. The third-order valence-corrected chi connectivity index (χ3v) is 2.43. The Morgan fingerprint density at radius 2 is 1.78 bits per heavy atom. The molecule has 0 fully saturated rings. The molecule has 1 heterocycles. The number of nitrogens with zero attached hydrogens (tertiary/aromatic N) is 1. The maximum Gasteiger partial charge on any atom is 0.214 e. The highest BCUT2D eigenvalue weighted by atomic mass is 35.5. The number of hydrogen-bond acceptors (Lipinski definition) is 3. The van der Waals surface area contributed by atoms with Gasteiger partial charge in [0.25, 0.3) is 0 Å². The Balaban J connectivity index is 2.82. The van der Waals surface area contributed by atoms with E-state index in [-0.39, 0.29) is 11.1 Å². The van der Waals surface area contributed by atoms with E-state index in [0.29, 0.717) is 17.4 Å². The Morgan fingerprint density at radius 1 is 1.17 bits per heavy atom. The molecule has 0 aliphatic heterocycles. The summed E-state index contributed by atoms with van der Waals surface area (Å²) in [6.07, 6.45) is 0. The van der Waals surface area contributed by atoms with Gasteiger partial charge in [-0.2, -0.15) is 0 Å². The predicted octanol–water partition coefficient (Wildman–Crippen LogP) is 3.80. The van der Waals surface area contributed by atoms with Crippen LogP contribution in [0.3, 0.4) is 0 Å². The van der Waals surface area contributed by atoms with Gasteiger partial charge in [0.05, 0.1) is 10.7 Å². The van der Waals surface area contributed by atoms with Gasteiger partial charge in [0.15, 0.2) is 0 Å². The summed E-state index contributed by atoms with van der Waals surface area (Å²) < 4.78 is 5.73. The Hall–Kier alpha value is -0.800. The molecule has 0 amide bonds. The van der Waals surface area contributed by atoms with Crippen LogP contribution in [-0.4, -0.2) is 16.1 Å². The molecule has 0 saturated carbocycles. The lowest BCUT2D eigenvalue weighted by molar-refractivity contribution is 0.123. The van der Waals surface area contributed by atoms with Gasteiger partial charge in [-0.05, 0) is 47.6 Å². The molecule has 0 unspecified atom stereocenters. The standard InChI is InChI=1S/C14H23ClN2O/c1-13(2,3)16-9-11-10(15)7-8-12(17-11)18-14(4,5)6/h7-8,16H,9H2,1-6H3. The van der Waals surface area contributed by atoms with Gasteiger partial charge >= 0.3 is 0 Å². The number of ether oxygens (including phenoxy) is 1. The predicted molar refractivity (Wildman–Crippen MR) is 76.2 cm³/mol. The first-order valence-electron chi connectivity index (χ1n) is 6.16. The van der Waals surface area contributed by atoms with Gasteiger partial charge in [0.2, 0.25) is 5.88 Å². The summed E-state index contributed by atoms with van der Waals surface area (Å²) in [7, 11) is 0. The Labute approximate surface area is 115 Å².